The standard InChI is InChI=1S/C29H22I2N2O3/c30-22-12-16(13-23(31)26(22)36-15-18-6-3-5-17-4-1-2-7-19(17)18)14-32-33-27(34)24-20-8-9-21(25(24)28(33)35)29(20)10-11-29/h1-9,12-14,20-21,24-25H,10-11,15H2/b32-14-/t20-,21-,24-,25-/m1/s1. The summed E-state index contributed by atoms with van der Waals surface area (Å²) in [7, 11) is 0. The number of amides is 2. The molecule has 1 saturated heterocycles. The Morgan fingerprint density at radius 1 is 0.944 bits per heavy atom. The van der Waals surface area contributed by atoms with Crippen LogP contribution in [0, 0.1) is 36.2 Å². The molecule has 1 aliphatic heterocycles. The van der Waals surface area contributed by atoms with Crippen LogP contribution < -0.4 is 4.74 Å². The van der Waals surface area contributed by atoms with E-state index in [1.807, 2.05) is 24.3 Å². The Morgan fingerprint density at radius 2 is 1.58 bits per heavy atom. The number of rotatable bonds is 5. The van der Waals surface area contributed by atoms with Crippen LogP contribution in [-0.4, -0.2) is 23.0 Å². The van der Waals surface area contributed by atoms with Crippen LogP contribution in [0.25, 0.3) is 10.8 Å². The molecule has 180 valence electrons. The first kappa shape index (κ1) is 22.9. The lowest BCUT2D eigenvalue weighted by molar-refractivity contribution is -0.141. The highest BCUT2D eigenvalue weighted by atomic mass is 127. The van der Waals surface area contributed by atoms with Crippen LogP contribution in [0.15, 0.2) is 71.9 Å². The van der Waals surface area contributed by atoms with Gasteiger partial charge in [-0.25, -0.2) is 0 Å². The molecule has 2 saturated carbocycles. The van der Waals surface area contributed by atoms with Crippen molar-refractivity contribution in [1.29, 1.82) is 0 Å². The summed E-state index contributed by atoms with van der Waals surface area (Å²) < 4.78 is 8.16. The number of nitrogens with zero attached hydrogens (tertiary/aromatic N) is 2. The van der Waals surface area contributed by atoms with E-state index >= 15 is 0 Å². The molecule has 4 aliphatic rings. The van der Waals surface area contributed by atoms with Crippen molar-refractivity contribution in [2.75, 3.05) is 0 Å². The molecular weight excluding hydrogens is 678 g/mol. The molecule has 7 heteroatoms. The maximum atomic E-state index is 13.2. The first-order chi connectivity index (χ1) is 17.5. The summed E-state index contributed by atoms with van der Waals surface area (Å²) >= 11 is 4.53. The third kappa shape index (κ3) is 3.34. The van der Waals surface area contributed by atoms with Gasteiger partial charge in [-0.05, 0) is 109 Å². The normalized spacial score (nSPS) is 27.1. The molecule has 0 radical (unpaired) electrons. The van der Waals surface area contributed by atoms with E-state index in [1.54, 1.807) is 6.21 Å². The summed E-state index contributed by atoms with van der Waals surface area (Å²) in [5.74, 6) is 0.525. The predicted octanol–water partition coefficient (Wildman–Crippen LogP) is 6.16. The fourth-order valence-electron chi connectivity index (χ4n) is 6.66. The molecule has 2 amide bonds. The number of carbonyl (C=O) groups excluding carboxylic acids is 2. The van der Waals surface area contributed by atoms with Gasteiger partial charge in [0.05, 0.1) is 25.2 Å². The minimum atomic E-state index is -0.225. The van der Waals surface area contributed by atoms with Gasteiger partial charge in [0.25, 0.3) is 11.8 Å². The van der Waals surface area contributed by atoms with Gasteiger partial charge in [-0.2, -0.15) is 10.1 Å². The first-order valence-corrected chi connectivity index (χ1v) is 14.3. The summed E-state index contributed by atoms with van der Waals surface area (Å²) in [6.07, 6.45) is 8.26. The van der Waals surface area contributed by atoms with E-state index in [1.165, 1.54) is 10.8 Å². The number of carbonyl (C=O) groups is 2. The number of hydrogen-bond donors (Lipinski definition) is 0. The zero-order valence-corrected chi connectivity index (χ0v) is 23.5. The topological polar surface area (TPSA) is 59.0 Å². The number of allylic oxidation sites excluding steroid dienone is 2. The average Bonchev–Trinajstić information content (AvgIpc) is 3.47. The third-order valence-corrected chi connectivity index (χ3v) is 10.0. The Bertz CT molecular complexity index is 1450. The number of hydrogen-bond acceptors (Lipinski definition) is 4. The van der Waals surface area contributed by atoms with Crippen LogP contribution in [0.3, 0.4) is 0 Å². The smallest absolute Gasteiger partial charge is 0.254 e. The molecule has 0 aromatic heterocycles. The molecule has 1 spiro atoms. The van der Waals surface area contributed by atoms with Gasteiger partial charge in [-0.15, -0.1) is 0 Å². The van der Waals surface area contributed by atoms with Gasteiger partial charge < -0.3 is 4.74 Å². The molecule has 7 rings (SSSR count). The highest BCUT2D eigenvalue weighted by Gasteiger charge is 2.73. The lowest BCUT2D eigenvalue weighted by atomic mass is 9.85. The van der Waals surface area contributed by atoms with Crippen LogP contribution in [0.2, 0.25) is 0 Å². The van der Waals surface area contributed by atoms with Crippen molar-refractivity contribution < 1.29 is 14.3 Å². The van der Waals surface area contributed by atoms with Crippen molar-refractivity contribution in [1.82, 2.24) is 5.01 Å². The number of halogens is 2. The number of fused-ring (bicyclic) bond motifs is 4. The molecule has 3 aromatic carbocycles. The number of imide groups is 1. The van der Waals surface area contributed by atoms with E-state index in [0.29, 0.717) is 6.61 Å². The van der Waals surface area contributed by atoms with Gasteiger partial charge in [0.15, 0.2) is 0 Å². The molecule has 2 bridgehead atoms. The Morgan fingerprint density at radius 3 is 2.25 bits per heavy atom. The third-order valence-electron chi connectivity index (χ3n) is 8.42. The monoisotopic (exact) mass is 700 g/mol. The van der Waals surface area contributed by atoms with Gasteiger partial charge >= 0.3 is 0 Å². The highest BCUT2D eigenvalue weighted by Crippen LogP contribution is 2.73. The Balaban J connectivity index is 1.09. The quantitative estimate of drug-likeness (QED) is 0.139. The first-order valence-electron chi connectivity index (χ1n) is 12.2. The molecular formula is C29H22I2N2O3. The van der Waals surface area contributed by atoms with Crippen molar-refractivity contribution in [3.8, 4) is 5.75 Å². The van der Waals surface area contributed by atoms with Gasteiger partial charge in [-0.3, -0.25) is 9.59 Å². The van der Waals surface area contributed by atoms with Crippen molar-refractivity contribution in [3.05, 3.63) is 85.0 Å². The summed E-state index contributed by atoms with van der Waals surface area (Å²) in [5, 5.41) is 7.89. The van der Waals surface area contributed by atoms with Crippen LogP contribution in [0.1, 0.15) is 24.0 Å². The van der Waals surface area contributed by atoms with E-state index < -0.39 is 0 Å². The van der Waals surface area contributed by atoms with E-state index in [-0.39, 0.29) is 40.9 Å². The molecule has 3 aromatic rings. The largest absolute Gasteiger partial charge is 0.487 e. The number of hydrazone groups is 1. The zero-order valence-electron chi connectivity index (χ0n) is 19.2. The van der Waals surface area contributed by atoms with Crippen molar-refractivity contribution in [3.63, 3.8) is 0 Å². The Kier molecular flexibility index (Phi) is 5.32. The summed E-state index contributed by atoms with van der Waals surface area (Å²) in [5.41, 5.74) is 2.17. The summed E-state index contributed by atoms with van der Waals surface area (Å²) in [6, 6.07) is 18.5. The second kappa shape index (κ2) is 8.37. The fourth-order valence-corrected chi connectivity index (χ4v) is 8.79. The van der Waals surface area contributed by atoms with E-state index in [0.717, 1.165) is 41.9 Å². The average molecular weight is 700 g/mol. The molecule has 36 heavy (non-hydrogen) atoms. The molecule has 0 unspecified atom stereocenters. The number of ether oxygens (including phenoxy) is 1. The molecule has 1 heterocycles. The van der Waals surface area contributed by atoms with E-state index in [2.05, 4.69) is 92.8 Å². The van der Waals surface area contributed by atoms with Crippen molar-refractivity contribution in [2.24, 2.45) is 34.2 Å². The van der Waals surface area contributed by atoms with Gasteiger partial charge in [0.1, 0.15) is 12.4 Å². The molecule has 0 N–H and O–H groups in total. The predicted molar refractivity (Wildman–Crippen MR) is 154 cm³/mol. The minimum absolute atomic E-state index is 0.135. The van der Waals surface area contributed by atoms with Crippen molar-refractivity contribution in [2.45, 2.75) is 19.4 Å². The van der Waals surface area contributed by atoms with Crippen LogP contribution >= 0.6 is 45.2 Å². The van der Waals surface area contributed by atoms with Gasteiger partial charge in [0, 0.05) is 0 Å². The number of benzene rings is 3. The van der Waals surface area contributed by atoms with Crippen LogP contribution in [0.4, 0.5) is 0 Å². The van der Waals surface area contributed by atoms with Crippen molar-refractivity contribution >= 4 is 74.0 Å². The lowest BCUT2D eigenvalue weighted by Gasteiger charge is -2.18. The maximum Gasteiger partial charge on any atom is 0.254 e. The second-order valence-electron chi connectivity index (χ2n) is 10.2. The summed E-state index contributed by atoms with van der Waals surface area (Å²) in [4.78, 5) is 26.3. The molecule has 3 fully saturated rings. The Hall–Kier alpha value is -2.27. The fraction of sp³-hybridized carbons (Fsp3) is 0.276. The van der Waals surface area contributed by atoms with Gasteiger partial charge in [0.2, 0.25) is 0 Å². The highest BCUT2D eigenvalue weighted by molar-refractivity contribution is 14.1. The van der Waals surface area contributed by atoms with E-state index in [4.69, 9.17) is 4.74 Å². The molecule has 3 aliphatic carbocycles. The zero-order chi connectivity index (χ0) is 24.6. The summed E-state index contributed by atoms with van der Waals surface area (Å²) in [6.45, 7) is 0.470. The van der Waals surface area contributed by atoms with Gasteiger partial charge in [-0.1, -0.05) is 54.6 Å². The SMILES string of the molecule is O=C1[C@H]2[C@H](C(=O)N1/N=C\c1cc(I)c(OCc3cccc4ccccc34)c(I)c1)[C@H]1C=C[C@H]2C12CC2. The minimum Gasteiger partial charge on any atom is -0.487 e. The Labute approximate surface area is 236 Å². The molecule has 4 atom stereocenters. The van der Waals surface area contributed by atoms with Crippen LogP contribution in [-0.2, 0) is 16.2 Å². The maximum absolute atomic E-state index is 13.2. The lowest BCUT2D eigenvalue weighted by Crippen LogP contribution is -2.30. The molecule has 5 nitrogen and oxygen atoms in total. The second-order valence-corrected chi connectivity index (χ2v) is 12.5. The van der Waals surface area contributed by atoms with Crippen LogP contribution in [0.5, 0.6) is 5.75 Å². The van der Waals surface area contributed by atoms with E-state index in [9.17, 15) is 9.59 Å².